The van der Waals surface area contributed by atoms with Gasteiger partial charge in [0.05, 0.1) is 29.1 Å². The zero-order chi connectivity index (χ0) is 38.3. The molecule has 7 rings (SSSR count). The first-order chi connectivity index (χ1) is 25.8. The molecule has 3 aliphatic heterocycles. The Hall–Kier alpha value is -3.17. The monoisotopic (exact) mass is 795 g/mol. The lowest BCUT2D eigenvalue weighted by Gasteiger charge is -2.45. The van der Waals surface area contributed by atoms with Crippen molar-refractivity contribution in [1.29, 1.82) is 0 Å². The first kappa shape index (κ1) is 39.1. The number of carbonyl (C=O) groups excluding carboxylic acids is 2. The van der Waals surface area contributed by atoms with Crippen LogP contribution in [-0.2, 0) is 27.2 Å². The zero-order valence-electron chi connectivity index (χ0n) is 32.0. The number of hydrogen-bond acceptors (Lipinski definition) is 6. The molecule has 11 heteroatoms. The summed E-state index contributed by atoms with van der Waals surface area (Å²) in [5.41, 5.74) is 4.65. The molecule has 2 bridgehead atoms. The van der Waals surface area contributed by atoms with Crippen LogP contribution in [0, 0.1) is 12.8 Å². The van der Waals surface area contributed by atoms with Crippen LogP contribution in [0.3, 0.4) is 0 Å². The van der Waals surface area contributed by atoms with E-state index in [-0.39, 0.29) is 42.1 Å². The smallest absolute Gasteiger partial charge is 0.410 e. The topological polar surface area (TPSA) is 71.6 Å². The average Bonchev–Trinajstić information content (AvgIpc) is 3.77. The molecule has 8 nitrogen and oxygen atoms in total. The zero-order valence-corrected chi connectivity index (χ0v) is 34.2. The van der Waals surface area contributed by atoms with Gasteiger partial charge in [0.1, 0.15) is 11.7 Å². The molecule has 1 aliphatic carbocycles. The Bertz CT molecular complexity index is 1820. The number of fused-ring (bicyclic) bond motifs is 2. The molecule has 0 aromatic heterocycles. The molecular formula is C43H52Cl3N3O5. The summed E-state index contributed by atoms with van der Waals surface area (Å²) in [5.74, 6) is 0.173. The van der Waals surface area contributed by atoms with E-state index in [0.717, 1.165) is 73.0 Å². The molecular weight excluding hydrogens is 745 g/mol. The number of nitrogens with zero attached hydrogens (tertiary/aromatic N) is 3. The standard InChI is InChI=1S/C43H52Cl3N3O5/c1-26-20-36(45)40(37(46)21-26)53-33-16-18-47(25-33)30-9-7-28(8-10-30)34-23-32-13-15-38(49(32)42(51)54-43(2,3)4)39(34)41(50)48(31-11-12-31)24-29-22-27(17-19-52-5)6-14-35(29)44/h6-10,14,20-22,31-34,38-39H,11-13,15-19,23-25H2,1-5H3/t32-,33?,34+,38+,39+/m1/s1. The van der Waals surface area contributed by atoms with Gasteiger partial charge in [-0.1, -0.05) is 59.1 Å². The number of benzene rings is 3. The van der Waals surface area contributed by atoms with Crippen LogP contribution in [0.2, 0.25) is 15.1 Å². The van der Waals surface area contributed by atoms with Crippen LogP contribution in [0.4, 0.5) is 10.5 Å². The quantitative estimate of drug-likeness (QED) is 0.193. The minimum atomic E-state index is -0.633. The van der Waals surface area contributed by atoms with Crippen LogP contribution in [-0.4, -0.2) is 78.4 Å². The van der Waals surface area contributed by atoms with Gasteiger partial charge in [-0.25, -0.2) is 4.79 Å². The van der Waals surface area contributed by atoms with Crippen molar-refractivity contribution in [3.63, 3.8) is 0 Å². The van der Waals surface area contributed by atoms with Gasteiger partial charge in [-0.15, -0.1) is 0 Å². The van der Waals surface area contributed by atoms with Gasteiger partial charge in [0.2, 0.25) is 5.91 Å². The lowest BCUT2D eigenvalue weighted by Crippen LogP contribution is -2.56. The maximum absolute atomic E-state index is 15.1. The molecule has 3 aromatic carbocycles. The van der Waals surface area contributed by atoms with Crippen molar-refractivity contribution in [2.75, 3.05) is 31.7 Å². The van der Waals surface area contributed by atoms with Crippen LogP contribution in [0.5, 0.6) is 5.75 Å². The van der Waals surface area contributed by atoms with E-state index in [0.29, 0.717) is 46.9 Å². The van der Waals surface area contributed by atoms with E-state index in [1.165, 1.54) is 0 Å². The van der Waals surface area contributed by atoms with Crippen LogP contribution in [0.25, 0.3) is 0 Å². The fraction of sp³-hybridized carbons (Fsp3) is 0.535. The highest BCUT2D eigenvalue weighted by Gasteiger charge is 2.55. The van der Waals surface area contributed by atoms with Crippen LogP contribution in [0.1, 0.15) is 87.5 Å². The van der Waals surface area contributed by atoms with Crippen molar-refractivity contribution in [2.45, 2.75) is 115 Å². The second kappa shape index (κ2) is 16.1. The molecule has 5 atom stereocenters. The van der Waals surface area contributed by atoms with Gasteiger partial charge in [-0.2, -0.15) is 0 Å². The van der Waals surface area contributed by atoms with Gasteiger partial charge < -0.3 is 28.9 Å². The Labute approximate surface area is 334 Å². The molecule has 2 amide bonds. The van der Waals surface area contributed by atoms with E-state index < -0.39 is 11.5 Å². The van der Waals surface area contributed by atoms with Gasteiger partial charge in [0.25, 0.3) is 0 Å². The normalized spacial score (nSPS) is 23.8. The Morgan fingerprint density at radius 3 is 2.30 bits per heavy atom. The minimum absolute atomic E-state index is 0.0109. The highest BCUT2D eigenvalue weighted by atomic mass is 35.5. The SMILES string of the molecule is COCCc1ccc(Cl)c(CN(C(=O)[C@H]2[C@H](c3ccc(N4CCC(Oc5c(Cl)cc(C)cc5Cl)C4)cc3)C[C@H]3CC[C@@H]2N3C(=O)OC(C)(C)C)C2CC2)c1. The highest BCUT2D eigenvalue weighted by molar-refractivity contribution is 6.37. The lowest BCUT2D eigenvalue weighted by atomic mass is 9.75. The van der Waals surface area contributed by atoms with Crippen molar-refractivity contribution in [2.24, 2.45) is 5.92 Å². The molecule has 4 aliphatic rings. The predicted octanol–water partition coefficient (Wildman–Crippen LogP) is 9.86. The summed E-state index contributed by atoms with van der Waals surface area (Å²) in [7, 11) is 1.70. The van der Waals surface area contributed by atoms with E-state index in [2.05, 4.69) is 40.1 Å². The first-order valence-electron chi connectivity index (χ1n) is 19.3. The number of aryl methyl sites for hydroxylation is 1. The van der Waals surface area contributed by atoms with Crippen LogP contribution < -0.4 is 9.64 Å². The summed E-state index contributed by atoms with van der Waals surface area (Å²) in [6, 6.07) is 18.4. The van der Waals surface area contributed by atoms with Crippen molar-refractivity contribution in [3.05, 3.63) is 91.9 Å². The second-order valence-corrected chi connectivity index (χ2v) is 17.8. The van der Waals surface area contributed by atoms with Crippen LogP contribution >= 0.6 is 34.8 Å². The van der Waals surface area contributed by atoms with Crippen molar-refractivity contribution in [1.82, 2.24) is 9.80 Å². The number of anilines is 1. The second-order valence-electron chi connectivity index (χ2n) is 16.5. The molecule has 4 fully saturated rings. The van der Waals surface area contributed by atoms with Crippen molar-refractivity contribution >= 4 is 52.5 Å². The first-order valence-corrected chi connectivity index (χ1v) is 20.5. The highest BCUT2D eigenvalue weighted by Crippen LogP contribution is 2.49. The summed E-state index contributed by atoms with van der Waals surface area (Å²) in [5, 5.41) is 1.70. The average molecular weight is 797 g/mol. The van der Waals surface area contributed by atoms with E-state index in [9.17, 15) is 4.79 Å². The molecule has 3 saturated heterocycles. The van der Waals surface area contributed by atoms with Gasteiger partial charge in [-0.05, 0) is 125 Å². The third-order valence-electron chi connectivity index (χ3n) is 11.4. The fourth-order valence-corrected chi connectivity index (χ4v) is 9.58. The Morgan fingerprint density at radius 2 is 1.63 bits per heavy atom. The number of methoxy groups -OCH3 is 1. The summed E-state index contributed by atoms with van der Waals surface area (Å²) < 4.78 is 17.6. The Balaban J connectivity index is 1.14. The van der Waals surface area contributed by atoms with Gasteiger partial charge in [0.15, 0.2) is 5.75 Å². The maximum Gasteiger partial charge on any atom is 0.410 e. The third-order valence-corrected chi connectivity index (χ3v) is 12.3. The molecule has 1 saturated carbocycles. The molecule has 3 heterocycles. The summed E-state index contributed by atoms with van der Waals surface area (Å²) in [4.78, 5) is 35.2. The van der Waals surface area contributed by atoms with Crippen LogP contribution in [0.15, 0.2) is 54.6 Å². The Kier molecular flexibility index (Phi) is 11.7. The number of halogens is 3. The maximum atomic E-state index is 15.1. The van der Waals surface area contributed by atoms with E-state index in [4.69, 9.17) is 49.0 Å². The number of piperidine rings is 1. The molecule has 290 valence electrons. The van der Waals surface area contributed by atoms with Gasteiger partial charge >= 0.3 is 6.09 Å². The molecule has 0 spiro atoms. The third kappa shape index (κ3) is 8.62. The van der Waals surface area contributed by atoms with Gasteiger partial charge in [-0.3, -0.25) is 4.79 Å². The summed E-state index contributed by atoms with van der Waals surface area (Å²) >= 11 is 19.8. The lowest BCUT2D eigenvalue weighted by molar-refractivity contribution is -0.141. The Morgan fingerprint density at radius 1 is 0.907 bits per heavy atom. The number of carbonyl (C=O) groups is 2. The number of ether oxygens (including phenoxy) is 3. The fourth-order valence-electron chi connectivity index (χ4n) is 8.71. The molecule has 0 radical (unpaired) electrons. The summed E-state index contributed by atoms with van der Waals surface area (Å²) in [6.45, 7) is 10.2. The van der Waals surface area contributed by atoms with Gasteiger partial charge in [0, 0.05) is 55.5 Å². The van der Waals surface area contributed by atoms with E-state index in [1.807, 2.05) is 56.9 Å². The number of hydrogen-bond donors (Lipinski definition) is 0. The molecule has 0 N–H and O–H groups in total. The van der Waals surface area contributed by atoms with Crippen molar-refractivity contribution < 1.29 is 23.8 Å². The number of amides is 2. The van der Waals surface area contributed by atoms with Crippen molar-refractivity contribution in [3.8, 4) is 5.75 Å². The summed E-state index contributed by atoms with van der Waals surface area (Å²) in [6.07, 6.45) is 5.50. The minimum Gasteiger partial charge on any atom is -0.485 e. The molecule has 54 heavy (non-hydrogen) atoms. The largest absolute Gasteiger partial charge is 0.485 e. The van der Waals surface area contributed by atoms with E-state index >= 15 is 4.79 Å². The molecule has 1 unspecified atom stereocenters. The van der Waals surface area contributed by atoms with E-state index in [1.54, 1.807) is 7.11 Å². The molecule has 3 aromatic rings. The predicted molar refractivity (Wildman–Crippen MR) is 215 cm³/mol. The number of rotatable bonds is 11.